The minimum absolute atomic E-state index is 0.0735. The molecular formula is C21H18N2O3. The molecule has 0 spiro atoms. The van der Waals surface area contributed by atoms with E-state index in [2.05, 4.69) is 4.98 Å². The summed E-state index contributed by atoms with van der Waals surface area (Å²) in [6.45, 7) is 0.739. The number of fused-ring (bicyclic) bond motifs is 2. The first-order valence-electron chi connectivity index (χ1n) is 8.36. The maximum Gasteiger partial charge on any atom is 0.246 e. The highest BCUT2D eigenvalue weighted by molar-refractivity contribution is 5.95. The van der Waals surface area contributed by atoms with Crippen molar-refractivity contribution < 1.29 is 14.3 Å². The van der Waals surface area contributed by atoms with Crippen molar-refractivity contribution in [1.82, 2.24) is 9.88 Å². The van der Waals surface area contributed by atoms with Gasteiger partial charge in [-0.25, -0.2) is 0 Å². The van der Waals surface area contributed by atoms with Crippen molar-refractivity contribution in [3.63, 3.8) is 0 Å². The summed E-state index contributed by atoms with van der Waals surface area (Å²) < 4.78 is 10.7. The molecule has 0 fully saturated rings. The molecule has 0 aliphatic carbocycles. The first-order valence-corrected chi connectivity index (χ1v) is 8.36. The van der Waals surface area contributed by atoms with Crippen molar-refractivity contribution in [2.24, 2.45) is 0 Å². The molecule has 130 valence electrons. The van der Waals surface area contributed by atoms with E-state index in [1.807, 2.05) is 54.6 Å². The van der Waals surface area contributed by atoms with Gasteiger partial charge in [-0.15, -0.1) is 0 Å². The van der Waals surface area contributed by atoms with E-state index in [9.17, 15) is 4.79 Å². The van der Waals surface area contributed by atoms with Gasteiger partial charge in [-0.1, -0.05) is 30.3 Å². The summed E-state index contributed by atoms with van der Waals surface area (Å²) in [6.07, 6.45) is 5.15. The molecule has 0 unspecified atom stereocenters. The predicted octanol–water partition coefficient (Wildman–Crippen LogP) is 3.64. The highest BCUT2D eigenvalue weighted by Gasteiger charge is 2.14. The molecule has 0 saturated heterocycles. The number of amides is 1. The molecule has 0 radical (unpaired) electrons. The maximum atomic E-state index is 12.5. The van der Waals surface area contributed by atoms with Gasteiger partial charge in [0.2, 0.25) is 12.7 Å². The first kappa shape index (κ1) is 16.1. The first-order chi connectivity index (χ1) is 12.7. The third-order valence-electron chi connectivity index (χ3n) is 4.30. The molecule has 1 aromatic heterocycles. The predicted molar refractivity (Wildman–Crippen MR) is 99.8 cm³/mol. The van der Waals surface area contributed by atoms with Crippen molar-refractivity contribution in [3.05, 3.63) is 71.9 Å². The van der Waals surface area contributed by atoms with Gasteiger partial charge in [-0.2, -0.15) is 0 Å². The number of hydrogen-bond donors (Lipinski definition) is 0. The van der Waals surface area contributed by atoms with Crippen molar-refractivity contribution in [1.29, 1.82) is 0 Å². The van der Waals surface area contributed by atoms with Gasteiger partial charge >= 0.3 is 0 Å². The number of para-hydroxylation sites is 1. The van der Waals surface area contributed by atoms with Crippen LogP contribution in [-0.2, 0) is 11.3 Å². The fourth-order valence-electron chi connectivity index (χ4n) is 2.94. The molecule has 0 atom stereocenters. The van der Waals surface area contributed by atoms with Crippen molar-refractivity contribution in [2.75, 3.05) is 13.8 Å². The fourth-order valence-corrected chi connectivity index (χ4v) is 2.94. The van der Waals surface area contributed by atoms with Crippen LogP contribution in [0, 0.1) is 0 Å². The quantitative estimate of drug-likeness (QED) is 0.677. The second-order valence-electron chi connectivity index (χ2n) is 6.14. The van der Waals surface area contributed by atoms with Gasteiger partial charge in [0.1, 0.15) is 0 Å². The second-order valence-corrected chi connectivity index (χ2v) is 6.14. The summed E-state index contributed by atoms with van der Waals surface area (Å²) in [5.41, 5.74) is 2.80. The Morgan fingerprint density at radius 2 is 2.00 bits per heavy atom. The molecule has 0 bridgehead atoms. The number of likely N-dealkylation sites (N-methyl/N-ethyl adjacent to an activating group) is 1. The standard InChI is InChI=1S/C21H18N2O3/c1-23(13-15-7-9-18-19(12-15)26-14-25-18)20(24)10-8-17-5-2-4-16-6-3-11-22-21(16)17/h2-12H,13-14H2,1H3/b10-8+. The zero-order valence-corrected chi connectivity index (χ0v) is 14.4. The number of pyridine rings is 1. The molecule has 1 amide bonds. The van der Waals surface area contributed by atoms with Gasteiger partial charge in [0.05, 0.1) is 5.52 Å². The second kappa shape index (κ2) is 6.88. The molecule has 26 heavy (non-hydrogen) atoms. The maximum absolute atomic E-state index is 12.5. The van der Waals surface area contributed by atoms with Gasteiger partial charge < -0.3 is 14.4 Å². The molecule has 0 saturated carbocycles. The van der Waals surface area contributed by atoms with Gasteiger partial charge in [-0.05, 0) is 29.8 Å². The summed E-state index contributed by atoms with van der Waals surface area (Å²) in [5.74, 6) is 1.39. The molecule has 5 heteroatoms. The van der Waals surface area contributed by atoms with Crippen molar-refractivity contribution >= 4 is 22.9 Å². The number of rotatable bonds is 4. The van der Waals surface area contributed by atoms with Crippen molar-refractivity contribution in [3.8, 4) is 11.5 Å². The lowest BCUT2D eigenvalue weighted by atomic mass is 10.1. The molecule has 1 aliphatic heterocycles. The van der Waals surface area contributed by atoms with Crippen LogP contribution >= 0.6 is 0 Å². The molecule has 1 aliphatic rings. The van der Waals surface area contributed by atoms with E-state index in [4.69, 9.17) is 9.47 Å². The zero-order chi connectivity index (χ0) is 17.9. The van der Waals surface area contributed by atoms with Crippen LogP contribution in [0.25, 0.3) is 17.0 Å². The number of nitrogens with zero attached hydrogens (tertiary/aromatic N) is 2. The highest BCUT2D eigenvalue weighted by Crippen LogP contribution is 2.32. The Morgan fingerprint density at radius 1 is 1.15 bits per heavy atom. The van der Waals surface area contributed by atoms with E-state index in [1.165, 1.54) is 0 Å². The summed E-state index contributed by atoms with van der Waals surface area (Å²) in [5, 5.41) is 1.05. The summed E-state index contributed by atoms with van der Waals surface area (Å²) in [4.78, 5) is 18.5. The van der Waals surface area contributed by atoms with E-state index in [0.717, 1.165) is 33.5 Å². The minimum Gasteiger partial charge on any atom is -0.454 e. The lowest BCUT2D eigenvalue weighted by Gasteiger charge is -2.15. The zero-order valence-electron chi connectivity index (χ0n) is 14.4. The molecule has 0 N–H and O–H groups in total. The smallest absolute Gasteiger partial charge is 0.246 e. The van der Waals surface area contributed by atoms with Crippen LogP contribution in [0.15, 0.2) is 60.8 Å². The SMILES string of the molecule is CN(Cc1ccc2c(c1)OCO2)C(=O)/C=C/c1cccc2cccnc12. The van der Waals surface area contributed by atoms with Gasteiger partial charge in [-0.3, -0.25) is 9.78 Å². The normalized spacial score (nSPS) is 12.7. The topological polar surface area (TPSA) is 51.7 Å². The Hall–Kier alpha value is -3.34. The lowest BCUT2D eigenvalue weighted by molar-refractivity contribution is -0.125. The van der Waals surface area contributed by atoms with Gasteiger partial charge in [0, 0.05) is 36.8 Å². The van der Waals surface area contributed by atoms with Gasteiger partial charge in [0.15, 0.2) is 11.5 Å². The lowest BCUT2D eigenvalue weighted by Crippen LogP contribution is -2.24. The van der Waals surface area contributed by atoms with Gasteiger partial charge in [0.25, 0.3) is 0 Å². The average molecular weight is 346 g/mol. The molecule has 4 rings (SSSR count). The van der Waals surface area contributed by atoms with E-state index < -0.39 is 0 Å². The third-order valence-corrected chi connectivity index (χ3v) is 4.30. The summed E-state index contributed by atoms with van der Waals surface area (Å²) >= 11 is 0. The Labute approximate surface area is 151 Å². The number of ether oxygens (including phenoxy) is 2. The Kier molecular flexibility index (Phi) is 4.27. The summed E-state index contributed by atoms with van der Waals surface area (Å²) in [7, 11) is 1.78. The Morgan fingerprint density at radius 3 is 2.92 bits per heavy atom. The van der Waals surface area contributed by atoms with Crippen LogP contribution in [0.2, 0.25) is 0 Å². The Bertz CT molecular complexity index is 992. The molecule has 5 nitrogen and oxygen atoms in total. The number of carbonyl (C=O) groups is 1. The van der Waals surface area contributed by atoms with E-state index >= 15 is 0 Å². The summed E-state index contributed by atoms with van der Waals surface area (Å²) in [6, 6.07) is 15.6. The van der Waals surface area contributed by atoms with E-state index in [-0.39, 0.29) is 12.7 Å². The van der Waals surface area contributed by atoms with Crippen LogP contribution in [0.4, 0.5) is 0 Å². The Balaban J connectivity index is 1.47. The number of carbonyl (C=O) groups excluding carboxylic acids is 1. The number of aromatic nitrogens is 1. The number of benzene rings is 2. The fraction of sp³-hybridized carbons (Fsp3) is 0.143. The highest BCUT2D eigenvalue weighted by atomic mass is 16.7. The van der Waals surface area contributed by atoms with Crippen LogP contribution in [0.3, 0.4) is 0 Å². The molecule has 3 aromatic rings. The average Bonchev–Trinajstić information content (AvgIpc) is 3.13. The molecule has 2 aromatic carbocycles. The number of hydrogen-bond acceptors (Lipinski definition) is 4. The van der Waals surface area contributed by atoms with E-state index in [1.54, 1.807) is 24.2 Å². The van der Waals surface area contributed by atoms with Crippen LogP contribution in [0.5, 0.6) is 11.5 Å². The van der Waals surface area contributed by atoms with E-state index in [0.29, 0.717) is 6.54 Å². The van der Waals surface area contributed by atoms with Crippen molar-refractivity contribution in [2.45, 2.75) is 6.54 Å². The molecule has 2 heterocycles. The third kappa shape index (κ3) is 3.24. The molecular weight excluding hydrogens is 328 g/mol. The monoisotopic (exact) mass is 346 g/mol. The minimum atomic E-state index is -0.0735. The van der Waals surface area contributed by atoms with Crippen LogP contribution in [0.1, 0.15) is 11.1 Å². The largest absolute Gasteiger partial charge is 0.454 e. The van der Waals surface area contributed by atoms with Crippen LogP contribution in [-0.4, -0.2) is 29.6 Å². The van der Waals surface area contributed by atoms with Crippen LogP contribution < -0.4 is 9.47 Å².